The van der Waals surface area contributed by atoms with Crippen LogP contribution in [0.25, 0.3) is 0 Å². The first-order valence-electron chi connectivity index (χ1n) is 10.6. The lowest BCUT2D eigenvalue weighted by Gasteiger charge is -2.29. The highest BCUT2D eigenvalue weighted by atomic mass is 16.3. The molecule has 0 bridgehead atoms. The van der Waals surface area contributed by atoms with Gasteiger partial charge < -0.3 is 20.6 Å². The Bertz CT molecular complexity index is 381. The summed E-state index contributed by atoms with van der Waals surface area (Å²) in [6, 6.07) is -0.914. The first-order valence-corrected chi connectivity index (χ1v) is 10.6. The van der Waals surface area contributed by atoms with Crippen LogP contribution in [-0.2, 0) is 4.79 Å². The van der Waals surface area contributed by atoms with Crippen molar-refractivity contribution in [2.24, 2.45) is 0 Å². The minimum absolute atomic E-state index is 0.0992. The van der Waals surface area contributed by atoms with E-state index in [0.717, 1.165) is 25.7 Å². The van der Waals surface area contributed by atoms with Gasteiger partial charge in [-0.3, -0.25) is 9.69 Å². The van der Waals surface area contributed by atoms with Crippen molar-refractivity contribution in [1.29, 1.82) is 0 Å². The van der Waals surface area contributed by atoms with Crippen LogP contribution >= 0.6 is 0 Å². The van der Waals surface area contributed by atoms with Crippen LogP contribution in [-0.4, -0.2) is 70.1 Å². The number of hydrogen-bond donors (Lipinski definition) is 4. The van der Waals surface area contributed by atoms with Crippen molar-refractivity contribution >= 4 is 5.91 Å². The number of aliphatic hydroxyl groups excluding tert-OH is 3. The van der Waals surface area contributed by atoms with Gasteiger partial charge in [0.2, 0.25) is 5.91 Å². The molecule has 4 atom stereocenters. The Morgan fingerprint density at radius 3 is 2.08 bits per heavy atom. The van der Waals surface area contributed by atoms with E-state index < -0.39 is 24.3 Å². The summed E-state index contributed by atoms with van der Waals surface area (Å²) in [6.07, 6.45) is 8.39. The van der Waals surface area contributed by atoms with E-state index >= 15 is 0 Å². The van der Waals surface area contributed by atoms with Crippen LogP contribution in [0.15, 0.2) is 0 Å². The Labute approximate surface area is 159 Å². The van der Waals surface area contributed by atoms with E-state index in [1.54, 1.807) is 0 Å². The van der Waals surface area contributed by atoms with Gasteiger partial charge in [0.25, 0.3) is 0 Å². The van der Waals surface area contributed by atoms with Gasteiger partial charge in [-0.15, -0.1) is 0 Å². The average Bonchev–Trinajstić information content (AvgIpc) is 2.85. The number of carbonyl (C=O) groups is 1. The molecule has 0 aromatic carbocycles. The van der Waals surface area contributed by atoms with Gasteiger partial charge in [0, 0.05) is 19.0 Å². The standard InChI is InChI=1S/C20H40N2O4/c1-3-5-7-8-9-10-11-13-22-16(14-18(24)21-12-6-4-2)19(25)20(26)17(22)15-23/h16-17,19-20,23,25-26H,3-15H2,1-2H3,(H,21,24)/t16-,17-,19+,20-/m1/s1. The van der Waals surface area contributed by atoms with Crippen LogP contribution in [0.4, 0.5) is 0 Å². The van der Waals surface area contributed by atoms with Crippen molar-refractivity contribution in [3.63, 3.8) is 0 Å². The highest BCUT2D eigenvalue weighted by molar-refractivity contribution is 5.76. The molecule has 6 nitrogen and oxygen atoms in total. The van der Waals surface area contributed by atoms with Crippen LogP contribution in [0.3, 0.4) is 0 Å². The Kier molecular flexibility index (Phi) is 12.1. The van der Waals surface area contributed by atoms with Gasteiger partial charge >= 0.3 is 0 Å². The number of likely N-dealkylation sites (tertiary alicyclic amines) is 1. The fraction of sp³-hybridized carbons (Fsp3) is 0.950. The Balaban J connectivity index is 2.48. The van der Waals surface area contributed by atoms with Crippen molar-refractivity contribution in [2.75, 3.05) is 19.7 Å². The molecule has 26 heavy (non-hydrogen) atoms. The Hall–Kier alpha value is -0.690. The maximum absolute atomic E-state index is 12.2. The van der Waals surface area contributed by atoms with Gasteiger partial charge in [0.15, 0.2) is 0 Å². The molecule has 1 rings (SSSR count). The smallest absolute Gasteiger partial charge is 0.221 e. The normalized spacial score (nSPS) is 26.3. The quantitative estimate of drug-likeness (QED) is 0.349. The van der Waals surface area contributed by atoms with Crippen molar-refractivity contribution in [3.05, 3.63) is 0 Å². The second-order valence-corrected chi connectivity index (χ2v) is 7.57. The maximum Gasteiger partial charge on any atom is 0.221 e. The van der Waals surface area contributed by atoms with E-state index in [9.17, 15) is 20.1 Å². The minimum Gasteiger partial charge on any atom is -0.395 e. The third-order valence-corrected chi connectivity index (χ3v) is 5.44. The molecule has 4 N–H and O–H groups in total. The fourth-order valence-electron chi connectivity index (χ4n) is 3.79. The third kappa shape index (κ3) is 7.51. The van der Waals surface area contributed by atoms with E-state index in [1.165, 1.54) is 32.1 Å². The highest BCUT2D eigenvalue weighted by Gasteiger charge is 2.47. The first-order chi connectivity index (χ1) is 12.6. The number of nitrogens with zero attached hydrogens (tertiary/aromatic N) is 1. The van der Waals surface area contributed by atoms with Gasteiger partial charge in [0.05, 0.1) is 24.9 Å². The summed E-state index contributed by atoms with van der Waals surface area (Å²) >= 11 is 0. The lowest BCUT2D eigenvalue weighted by Crippen LogP contribution is -2.44. The van der Waals surface area contributed by atoms with Crippen LogP contribution in [0.2, 0.25) is 0 Å². The topological polar surface area (TPSA) is 93.0 Å². The van der Waals surface area contributed by atoms with Crippen molar-refractivity contribution in [3.8, 4) is 0 Å². The summed E-state index contributed by atoms with van der Waals surface area (Å²) < 4.78 is 0. The fourth-order valence-corrected chi connectivity index (χ4v) is 3.79. The summed E-state index contributed by atoms with van der Waals surface area (Å²) in [6.45, 7) is 5.40. The van der Waals surface area contributed by atoms with E-state index in [2.05, 4.69) is 19.2 Å². The molecule has 0 saturated carbocycles. The molecular formula is C20H40N2O4. The van der Waals surface area contributed by atoms with Crippen molar-refractivity contribution in [1.82, 2.24) is 10.2 Å². The molecule has 0 unspecified atom stereocenters. The number of aliphatic hydroxyl groups is 3. The minimum atomic E-state index is -1.00. The lowest BCUT2D eigenvalue weighted by atomic mass is 10.1. The molecule has 0 aromatic heterocycles. The van der Waals surface area contributed by atoms with E-state index in [1.807, 2.05) is 4.90 Å². The molecule has 1 amide bonds. The molecule has 0 aliphatic carbocycles. The monoisotopic (exact) mass is 372 g/mol. The molecule has 154 valence electrons. The molecular weight excluding hydrogens is 332 g/mol. The molecule has 0 aromatic rings. The van der Waals surface area contributed by atoms with Gasteiger partial charge in [0.1, 0.15) is 0 Å². The lowest BCUT2D eigenvalue weighted by molar-refractivity contribution is -0.123. The molecule has 1 heterocycles. The summed E-state index contributed by atoms with van der Waals surface area (Å²) in [4.78, 5) is 14.1. The number of rotatable bonds is 14. The Morgan fingerprint density at radius 1 is 0.885 bits per heavy atom. The van der Waals surface area contributed by atoms with Gasteiger partial charge in [-0.1, -0.05) is 58.8 Å². The predicted molar refractivity (Wildman–Crippen MR) is 104 cm³/mol. The first kappa shape index (κ1) is 23.3. The SMILES string of the molecule is CCCCCCCCCN1[C@H](CC(=O)NCCCC)[C@H](O)[C@H](O)[C@H]1CO. The van der Waals surface area contributed by atoms with E-state index in [0.29, 0.717) is 13.1 Å². The van der Waals surface area contributed by atoms with Crippen LogP contribution in [0.5, 0.6) is 0 Å². The van der Waals surface area contributed by atoms with Crippen LogP contribution in [0, 0.1) is 0 Å². The predicted octanol–water partition coefficient (Wildman–Crippen LogP) is 1.81. The second-order valence-electron chi connectivity index (χ2n) is 7.57. The maximum atomic E-state index is 12.2. The van der Waals surface area contributed by atoms with E-state index in [4.69, 9.17) is 0 Å². The zero-order valence-corrected chi connectivity index (χ0v) is 16.7. The number of nitrogens with one attached hydrogen (secondary N) is 1. The largest absolute Gasteiger partial charge is 0.395 e. The van der Waals surface area contributed by atoms with Crippen LogP contribution in [0.1, 0.15) is 78.1 Å². The van der Waals surface area contributed by atoms with Gasteiger partial charge in [-0.05, 0) is 19.4 Å². The molecule has 1 aliphatic heterocycles. The molecule has 1 saturated heterocycles. The molecule has 0 spiro atoms. The molecule has 1 aliphatic rings. The second kappa shape index (κ2) is 13.5. The Morgan fingerprint density at radius 2 is 1.46 bits per heavy atom. The van der Waals surface area contributed by atoms with E-state index in [-0.39, 0.29) is 18.9 Å². The van der Waals surface area contributed by atoms with Crippen molar-refractivity contribution in [2.45, 2.75) is 102 Å². The number of hydrogen-bond acceptors (Lipinski definition) is 5. The van der Waals surface area contributed by atoms with Crippen LogP contribution < -0.4 is 5.32 Å². The third-order valence-electron chi connectivity index (χ3n) is 5.44. The molecule has 1 fully saturated rings. The summed E-state index contributed by atoms with van der Waals surface area (Å²) in [7, 11) is 0. The summed E-state index contributed by atoms with van der Waals surface area (Å²) in [5.74, 6) is -0.0992. The number of carbonyl (C=O) groups excluding carboxylic acids is 1. The van der Waals surface area contributed by atoms with Gasteiger partial charge in [-0.2, -0.15) is 0 Å². The zero-order valence-electron chi connectivity index (χ0n) is 16.7. The molecule has 0 radical (unpaired) electrons. The highest BCUT2D eigenvalue weighted by Crippen LogP contribution is 2.28. The number of unbranched alkanes of at least 4 members (excludes halogenated alkanes) is 7. The number of amides is 1. The zero-order chi connectivity index (χ0) is 19.4. The summed E-state index contributed by atoms with van der Waals surface area (Å²) in [5.41, 5.74) is 0. The average molecular weight is 373 g/mol. The van der Waals surface area contributed by atoms with Gasteiger partial charge in [-0.25, -0.2) is 0 Å². The van der Waals surface area contributed by atoms with Crippen molar-refractivity contribution < 1.29 is 20.1 Å². The summed E-state index contributed by atoms with van der Waals surface area (Å²) in [5, 5.41) is 33.1. The molecule has 6 heteroatoms.